The maximum atomic E-state index is 12.7. The maximum absolute atomic E-state index is 12.7. The lowest BCUT2D eigenvalue weighted by atomic mass is 10.1. The van der Waals surface area contributed by atoms with Crippen molar-refractivity contribution in [2.24, 2.45) is 0 Å². The van der Waals surface area contributed by atoms with Gasteiger partial charge >= 0.3 is 0 Å². The Balaban J connectivity index is 1.43. The molecule has 3 aromatic carbocycles. The Kier molecular flexibility index (Phi) is 6.38. The molecule has 1 amide bonds. The predicted octanol–water partition coefficient (Wildman–Crippen LogP) is 4.49. The fraction of sp³-hybridized carbons (Fsp3) is 0.240. The van der Waals surface area contributed by atoms with E-state index in [-0.39, 0.29) is 5.91 Å². The van der Waals surface area contributed by atoms with Crippen LogP contribution in [0, 0.1) is 0 Å². The second-order valence-corrected chi connectivity index (χ2v) is 7.71. The van der Waals surface area contributed by atoms with Crippen LogP contribution in [-0.4, -0.2) is 51.1 Å². The first kappa shape index (κ1) is 20.8. The Morgan fingerprint density at radius 1 is 1.03 bits per heavy atom. The van der Waals surface area contributed by atoms with Crippen LogP contribution in [-0.2, 0) is 0 Å². The van der Waals surface area contributed by atoms with Crippen LogP contribution in [0.25, 0.3) is 0 Å². The predicted molar refractivity (Wildman–Crippen MR) is 124 cm³/mol. The summed E-state index contributed by atoms with van der Waals surface area (Å²) >= 11 is 0. The minimum Gasteiger partial charge on any atom is -0.490 e. The molecule has 0 bridgehead atoms. The number of likely N-dealkylation sites (N-methyl/N-ethyl adjacent to an activating group) is 1. The van der Waals surface area contributed by atoms with Crippen LogP contribution < -0.4 is 19.7 Å². The van der Waals surface area contributed by atoms with Crippen molar-refractivity contribution in [1.82, 2.24) is 4.90 Å². The zero-order valence-electron chi connectivity index (χ0n) is 17.9. The van der Waals surface area contributed by atoms with Crippen molar-refractivity contribution in [3.05, 3.63) is 78.4 Å². The van der Waals surface area contributed by atoms with Gasteiger partial charge in [-0.1, -0.05) is 18.2 Å². The van der Waals surface area contributed by atoms with Gasteiger partial charge in [0.05, 0.1) is 12.2 Å². The fourth-order valence-electron chi connectivity index (χ4n) is 3.41. The molecule has 6 nitrogen and oxygen atoms in total. The molecule has 1 aliphatic rings. The van der Waals surface area contributed by atoms with E-state index in [9.17, 15) is 4.79 Å². The van der Waals surface area contributed by atoms with Crippen molar-refractivity contribution in [2.45, 2.75) is 0 Å². The molecule has 1 N–H and O–H groups in total. The average Bonchev–Trinajstić information content (AvgIpc) is 2.79. The van der Waals surface area contributed by atoms with E-state index < -0.39 is 0 Å². The molecule has 160 valence electrons. The number of carbonyl (C=O) groups is 1. The van der Waals surface area contributed by atoms with Crippen molar-refractivity contribution in [3.63, 3.8) is 0 Å². The molecule has 3 aromatic rings. The first-order valence-corrected chi connectivity index (χ1v) is 10.4. The van der Waals surface area contributed by atoms with Gasteiger partial charge in [-0.2, -0.15) is 0 Å². The third-order valence-corrected chi connectivity index (χ3v) is 5.09. The Labute approximate surface area is 183 Å². The van der Waals surface area contributed by atoms with E-state index in [4.69, 9.17) is 9.47 Å². The monoisotopic (exact) mass is 417 g/mol. The molecule has 0 aromatic heterocycles. The number of anilines is 2. The fourth-order valence-corrected chi connectivity index (χ4v) is 3.41. The lowest BCUT2D eigenvalue weighted by Gasteiger charge is -2.32. The summed E-state index contributed by atoms with van der Waals surface area (Å²) in [7, 11) is 4.13. The normalized spacial score (nSPS) is 12.8. The lowest BCUT2D eigenvalue weighted by Crippen LogP contribution is -2.37. The van der Waals surface area contributed by atoms with Gasteiger partial charge < -0.3 is 24.6 Å². The third-order valence-electron chi connectivity index (χ3n) is 5.09. The Morgan fingerprint density at radius 2 is 1.77 bits per heavy atom. The van der Waals surface area contributed by atoms with Crippen molar-refractivity contribution in [3.8, 4) is 17.2 Å². The molecule has 0 radical (unpaired) electrons. The van der Waals surface area contributed by atoms with E-state index in [1.165, 1.54) is 0 Å². The first-order valence-electron chi connectivity index (χ1n) is 10.4. The number of nitrogens with one attached hydrogen (secondary N) is 1. The number of para-hydroxylation sites is 1. The largest absolute Gasteiger partial charge is 0.490 e. The average molecular weight is 418 g/mol. The second-order valence-electron chi connectivity index (χ2n) is 7.71. The van der Waals surface area contributed by atoms with Crippen molar-refractivity contribution in [2.75, 3.05) is 50.6 Å². The molecule has 0 fully saturated rings. The molecule has 31 heavy (non-hydrogen) atoms. The van der Waals surface area contributed by atoms with E-state index in [1.807, 2.05) is 48.5 Å². The van der Waals surface area contributed by atoms with Crippen LogP contribution in [0.1, 0.15) is 10.4 Å². The maximum Gasteiger partial charge on any atom is 0.255 e. The summed E-state index contributed by atoms with van der Waals surface area (Å²) in [4.78, 5) is 17.2. The van der Waals surface area contributed by atoms with Crippen LogP contribution in [0.4, 0.5) is 11.4 Å². The van der Waals surface area contributed by atoms with E-state index in [0.29, 0.717) is 17.9 Å². The number of hydrogen-bond acceptors (Lipinski definition) is 5. The first-order chi connectivity index (χ1) is 15.1. The summed E-state index contributed by atoms with van der Waals surface area (Å²) < 4.78 is 11.6. The van der Waals surface area contributed by atoms with Gasteiger partial charge in [0.15, 0.2) is 0 Å². The Bertz CT molecular complexity index is 1020. The number of hydrogen-bond donors (Lipinski definition) is 1. The zero-order valence-corrected chi connectivity index (χ0v) is 17.9. The summed E-state index contributed by atoms with van der Waals surface area (Å²) in [5, 5.41) is 2.99. The highest BCUT2D eigenvalue weighted by molar-refractivity contribution is 6.04. The van der Waals surface area contributed by atoms with Crippen molar-refractivity contribution in [1.29, 1.82) is 0 Å². The molecule has 6 heteroatoms. The topological polar surface area (TPSA) is 54.0 Å². The molecule has 0 saturated heterocycles. The molecule has 4 rings (SSSR count). The Hall–Kier alpha value is -3.51. The van der Waals surface area contributed by atoms with E-state index in [1.54, 1.807) is 24.3 Å². The molecule has 1 aliphatic heterocycles. The van der Waals surface area contributed by atoms with E-state index in [2.05, 4.69) is 29.2 Å². The highest BCUT2D eigenvalue weighted by Crippen LogP contribution is 2.34. The van der Waals surface area contributed by atoms with Gasteiger partial charge in [0, 0.05) is 24.3 Å². The standard InChI is InChI=1S/C25H27N3O3/c1-27(2)14-15-28-16-17-30-24-13-10-20(18-23(24)28)26-25(29)19-8-11-22(12-9-19)31-21-6-4-3-5-7-21/h3-13,18H,14-17H2,1-2H3,(H,26,29). The molecule has 0 spiro atoms. The molecule has 0 atom stereocenters. The Morgan fingerprint density at radius 3 is 2.52 bits per heavy atom. The van der Waals surface area contributed by atoms with Crippen LogP contribution in [0.5, 0.6) is 17.2 Å². The van der Waals surface area contributed by atoms with Crippen molar-refractivity contribution >= 4 is 17.3 Å². The number of nitrogens with zero attached hydrogens (tertiary/aromatic N) is 2. The van der Waals surface area contributed by atoms with Gasteiger partial charge in [-0.3, -0.25) is 4.79 Å². The van der Waals surface area contributed by atoms with E-state index >= 15 is 0 Å². The van der Waals surface area contributed by atoms with Crippen LogP contribution in [0.3, 0.4) is 0 Å². The molecule has 0 unspecified atom stereocenters. The number of rotatable bonds is 7. The summed E-state index contributed by atoms with van der Waals surface area (Å²) in [5.41, 5.74) is 2.32. The minimum atomic E-state index is -0.164. The summed E-state index contributed by atoms with van der Waals surface area (Å²) in [5.74, 6) is 2.13. The number of fused-ring (bicyclic) bond motifs is 1. The summed E-state index contributed by atoms with van der Waals surface area (Å²) in [6.07, 6.45) is 0. The summed E-state index contributed by atoms with van der Waals surface area (Å²) in [6.45, 7) is 3.36. The molecule has 0 saturated carbocycles. The van der Waals surface area contributed by atoms with Crippen molar-refractivity contribution < 1.29 is 14.3 Å². The van der Waals surface area contributed by atoms with Gasteiger partial charge in [-0.05, 0) is 68.7 Å². The third kappa shape index (κ3) is 5.35. The van der Waals surface area contributed by atoms with Crippen LogP contribution >= 0.6 is 0 Å². The van der Waals surface area contributed by atoms with Crippen LogP contribution in [0.15, 0.2) is 72.8 Å². The van der Waals surface area contributed by atoms with Gasteiger partial charge in [0.25, 0.3) is 5.91 Å². The minimum absolute atomic E-state index is 0.164. The van der Waals surface area contributed by atoms with E-state index in [0.717, 1.165) is 42.5 Å². The highest BCUT2D eigenvalue weighted by atomic mass is 16.5. The molecule has 1 heterocycles. The second kappa shape index (κ2) is 9.53. The number of ether oxygens (including phenoxy) is 2. The quantitative estimate of drug-likeness (QED) is 0.614. The number of benzene rings is 3. The number of carbonyl (C=O) groups excluding carboxylic acids is 1. The number of amides is 1. The zero-order chi connectivity index (χ0) is 21.6. The van der Waals surface area contributed by atoms with Gasteiger partial charge in [-0.15, -0.1) is 0 Å². The van der Waals surface area contributed by atoms with Gasteiger partial charge in [0.2, 0.25) is 0 Å². The molecular weight excluding hydrogens is 390 g/mol. The molecule has 0 aliphatic carbocycles. The smallest absolute Gasteiger partial charge is 0.255 e. The highest BCUT2D eigenvalue weighted by Gasteiger charge is 2.19. The lowest BCUT2D eigenvalue weighted by molar-refractivity contribution is 0.102. The SMILES string of the molecule is CN(C)CCN1CCOc2ccc(NC(=O)c3ccc(Oc4ccccc4)cc3)cc21. The van der Waals surface area contributed by atoms with Gasteiger partial charge in [-0.25, -0.2) is 0 Å². The molecular formula is C25H27N3O3. The van der Waals surface area contributed by atoms with Crippen LogP contribution in [0.2, 0.25) is 0 Å². The summed E-state index contributed by atoms with van der Waals surface area (Å²) in [6, 6.07) is 22.5. The van der Waals surface area contributed by atoms with Gasteiger partial charge in [0.1, 0.15) is 23.9 Å².